The first-order chi connectivity index (χ1) is 10.3. The second kappa shape index (κ2) is 7.13. The van der Waals surface area contributed by atoms with Gasteiger partial charge in [0.05, 0.1) is 11.7 Å². The second-order valence-electron chi connectivity index (χ2n) is 6.58. The minimum Gasteiger partial charge on any atom is -0.370 e. The van der Waals surface area contributed by atoms with Crippen LogP contribution in [0.25, 0.3) is 0 Å². The Hall–Kier alpha value is -0.570. The lowest BCUT2D eigenvalue weighted by molar-refractivity contribution is -0.0475. The Labute approximate surface area is 133 Å². The van der Waals surface area contributed by atoms with Crippen LogP contribution in [0.5, 0.6) is 0 Å². The SMILES string of the molecule is ClCCN(Cc1ccccc1)CC1CCC2(CCCC2)O1. The molecule has 21 heavy (non-hydrogen) atoms. The molecule has 1 heterocycles. The van der Waals surface area contributed by atoms with Crippen molar-refractivity contribution in [1.82, 2.24) is 4.90 Å². The molecule has 1 unspecified atom stereocenters. The topological polar surface area (TPSA) is 12.5 Å². The summed E-state index contributed by atoms with van der Waals surface area (Å²) in [6.07, 6.45) is 8.13. The summed E-state index contributed by atoms with van der Waals surface area (Å²) in [5, 5.41) is 0. The average molecular weight is 308 g/mol. The maximum atomic E-state index is 6.44. The molecule has 1 aliphatic heterocycles. The highest BCUT2D eigenvalue weighted by atomic mass is 35.5. The van der Waals surface area contributed by atoms with E-state index >= 15 is 0 Å². The van der Waals surface area contributed by atoms with E-state index in [1.165, 1.54) is 44.1 Å². The summed E-state index contributed by atoms with van der Waals surface area (Å²) in [7, 11) is 0. The molecule has 0 amide bonds. The van der Waals surface area contributed by atoms with Gasteiger partial charge in [-0.3, -0.25) is 4.90 Å². The molecule has 0 N–H and O–H groups in total. The highest BCUT2D eigenvalue weighted by Gasteiger charge is 2.42. The summed E-state index contributed by atoms with van der Waals surface area (Å²) in [4.78, 5) is 2.45. The quantitative estimate of drug-likeness (QED) is 0.730. The van der Waals surface area contributed by atoms with Crippen molar-refractivity contribution in [3.8, 4) is 0 Å². The highest BCUT2D eigenvalue weighted by molar-refractivity contribution is 6.18. The van der Waals surface area contributed by atoms with Crippen LogP contribution < -0.4 is 0 Å². The van der Waals surface area contributed by atoms with Gasteiger partial charge in [-0.1, -0.05) is 43.2 Å². The predicted molar refractivity (Wildman–Crippen MR) is 87.7 cm³/mol. The van der Waals surface area contributed by atoms with E-state index in [9.17, 15) is 0 Å². The van der Waals surface area contributed by atoms with Gasteiger partial charge in [0.1, 0.15) is 0 Å². The standard InChI is InChI=1S/C18H26ClNO/c19-12-13-20(14-16-6-2-1-3-7-16)15-17-8-11-18(21-17)9-4-5-10-18/h1-3,6-7,17H,4-5,8-15H2. The summed E-state index contributed by atoms with van der Waals surface area (Å²) in [5.41, 5.74) is 1.60. The fourth-order valence-corrected chi connectivity index (χ4v) is 4.13. The van der Waals surface area contributed by atoms with E-state index in [0.717, 1.165) is 19.6 Å². The predicted octanol–water partition coefficient (Wildman–Crippen LogP) is 4.22. The zero-order valence-electron chi connectivity index (χ0n) is 12.8. The summed E-state index contributed by atoms with van der Waals surface area (Å²) in [5.74, 6) is 0.685. The van der Waals surface area contributed by atoms with E-state index in [-0.39, 0.29) is 5.60 Å². The van der Waals surface area contributed by atoms with Gasteiger partial charge in [-0.05, 0) is 31.2 Å². The Morgan fingerprint density at radius 3 is 2.62 bits per heavy atom. The highest BCUT2D eigenvalue weighted by Crippen LogP contribution is 2.43. The smallest absolute Gasteiger partial charge is 0.0710 e. The van der Waals surface area contributed by atoms with Gasteiger partial charge in [-0.25, -0.2) is 0 Å². The van der Waals surface area contributed by atoms with Gasteiger partial charge in [0, 0.05) is 25.5 Å². The van der Waals surface area contributed by atoms with Crippen LogP contribution in [0.4, 0.5) is 0 Å². The maximum Gasteiger partial charge on any atom is 0.0710 e. The van der Waals surface area contributed by atoms with Crippen molar-refractivity contribution in [3.63, 3.8) is 0 Å². The third-order valence-corrected chi connectivity index (χ3v) is 5.13. The zero-order chi connectivity index (χ0) is 14.5. The van der Waals surface area contributed by atoms with Crippen LogP contribution in [0.1, 0.15) is 44.1 Å². The number of hydrogen-bond acceptors (Lipinski definition) is 2. The Morgan fingerprint density at radius 1 is 1.14 bits per heavy atom. The molecule has 1 aromatic rings. The van der Waals surface area contributed by atoms with Gasteiger partial charge in [-0.2, -0.15) is 0 Å². The number of rotatable bonds is 6. The minimum absolute atomic E-state index is 0.240. The van der Waals surface area contributed by atoms with Crippen molar-refractivity contribution in [1.29, 1.82) is 0 Å². The average Bonchev–Trinajstić information content (AvgIpc) is 3.11. The number of nitrogens with zero attached hydrogens (tertiary/aromatic N) is 1. The molecule has 1 saturated heterocycles. The van der Waals surface area contributed by atoms with Crippen LogP contribution in [0.3, 0.4) is 0 Å². The molecule has 0 radical (unpaired) electrons. The van der Waals surface area contributed by atoms with E-state index in [1.54, 1.807) is 0 Å². The molecular weight excluding hydrogens is 282 g/mol. The Balaban J connectivity index is 1.55. The molecule has 0 bridgehead atoms. The van der Waals surface area contributed by atoms with Crippen LogP contribution in [-0.2, 0) is 11.3 Å². The number of halogens is 1. The molecular formula is C18H26ClNO. The van der Waals surface area contributed by atoms with Crippen LogP contribution in [0.15, 0.2) is 30.3 Å². The molecule has 2 nitrogen and oxygen atoms in total. The molecule has 2 aliphatic rings. The molecule has 1 aromatic carbocycles. The second-order valence-corrected chi connectivity index (χ2v) is 6.96. The van der Waals surface area contributed by atoms with E-state index in [1.807, 2.05) is 0 Å². The fourth-order valence-electron chi connectivity index (χ4n) is 3.90. The van der Waals surface area contributed by atoms with Gasteiger partial charge < -0.3 is 4.74 Å². The molecule has 3 heteroatoms. The lowest BCUT2D eigenvalue weighted by atomic mass is 9.98. The lowest BCUT2D eigenvalue weighted by Crippen LogP contribution is -2.35. The number of benzene rings is 1. The molecule has 3 rings (SSSR count). The summed E-state index contributed by atoms with van der Waals surface area (Å²) in [6.45, 7) is 2.92. The lowest BCUT2D eigenvalue weighted by Gasteiger charge is -2.28. The van der Waals surface area contributed by atoms with Crippen molar-refractivity contribution in [2.24, 2.45) is 0 Å². The minimum atomic E-state index is 0.240. The summed E-state index contributed by atoms with van der Waals surface area (Å²) >= 11 is 5.99. The van der Waals surface area contributed by atoms with Crippen molar-refractivity contribution in [2.45, 2.75) is 56.8 Å². The number of alkyl halides is 1. The number of ether oxygens (including phenoxy) is 1. The fraction of sp³-hybridized carbons (Fsp3) is 0.667. The molecule has 1 spiro atoms. The van der Waals surface area contributed by atoms with Crippen molar-refractivity contribution >= 4 is 11.6 Å². The molecule has 1 aliphatic carbocycles. The Bertz CT molecular complexity index is 430. The first-order valence-corrected chi connectivity index (χ1v) is 8.83. The van der Waals surface area contributed by atoms with Crippen molar-refractivity contribution < 1.29 is 4.74 Å². The van der Waals surface area contributed by atoms with Gasteiger partial charge in [0.15, 0.2) is 0 Å². The van der Waals surface area contributed by atoms with Gasteiger partial charge in [0.2, 0.25) is 0 Å². The van der Waals surface area contributed by atoms with Gasteiger partial charge in [-0.15, -0.1) is 11.6 Å². The van der Waals surface area contributed by atoms with E-state index < -0.39 is 0 Å². The van der Waals surface area contributed by atoms with Gasteiger partial charge >= 0.3 is 0 Å². The molecule has 1 saturated carbocycles. The Morgan fingerprint density at radius 2 is 1.90 bits per heavy atom. The van der Waals surface area contributed by atoms with Crippen molar-refractivity contribution in [2.75, 3.05) is 19.0 Å². The number of hydrogen-bond donors (Lipinski definition) is 0. The third kappa shape index (κ3) is 4.00. The first-order valence-electron chi connectivity index (χ1n) is 8.30. The first kappa shape index (κ1) is 15.3. The van der Waals surface area contributed by atoms with Crippen LogP contribution in [-0.4, -0.2) is 35.6 Å². The van der Waals surface area contributed by atoms with Crippen LogP contribution in [0.2, 0.25) is 0 Å². The molecule has 0 aromatic heterocycles. The monoisotopic (exact) mass is 307 g/mol. The van der Waals surface area contributed by atoms with Gasteiger partial charge in [0.25, 0.3) is 0 Å². The third-order valence-electron chi connectivity index (χ3n) is 4.96. The van der Waals surface area contributed by atoms with E-state index in [2.05, 4.69) is 35.2 Å². The summed E-state index contributed by atoms with van der Waals surface area (Å²) in [6, 6.07) is 10.7. The van der Waals surface area contributed by atoms with Crippen LogP contribution in [0, 0.1) is 0 Å². The zero-order valence-corrected chi connectivity index (χ0v) is 13.5. The van der Waals surface area contributed by atoms with E-state index in [4.69, 9.17) is 16.3 Å². The summed E-state index contributed by atoms with van der Waals surface area (Å²) < 4.78 is 6.44. The molecule has 1 atom stereocenters. The Kier molecular flexibility index (Phi) is 5.20. The van der Waals surface area contributed by atoms with Crippen LogP contribution >= 0.6 is 11.6 Å². The van der Waals surface area contributed by atoms with E-state index in [0.29, 0.717) is 12.0 Å². The molecule has 116 valence electrons. The normalized spacial score (nSPS) is 24.2. The van der Waals surface area contributed by atoms with Crippen molar-refractivity contribution in [3.05, 3.63) is 35.9 Å². The molecule has 2 fully saturated rings. The maximum absolute atomic E-state index is 6.44. The largest absolute Gasteiger partial charge is 0.370 e.